The molecule has 6 nitrogen and oxygen atoms in total. The summed E-state index contributed by atoms with van der Waals surface area (Å²) in [6, 6.07) is 7.05. The molecule has 0 unspecified atom stereocenters. The Morgan fingerprint density at radius 3 is 2.54 bits per heavy atom. The highest BCUT2D eigenvalue weighted by Gasteiger charge is 2.37. The zero-order valence-corrected chi connectivity index (χ0v) is 16.5. The lowest BCUT2D eigenvalue weighted by Gasteiger charge is -2.28. The third kappa shape index (κ3) is 3.43. The van der Waals surface area contributed by atoms with E-state index in [-0.39, 0.29) is 21.8 Å². The van der Waals surface area contributed by atoms with E-state index in [1.165, 1.54) is 25.3 Å². The summed E-state index contributed by atoms with van der Waals surface area (Å²) in [5.41, 5.74) is 2.63. The lowest BCUT2D eigenvalue weighted by Crippen LogP contribution is -2.26. The molecule has 6 heteroatoms. The maximum atomic E-state index is 13.1. The van der Waals surface area contributed by atoms with Gasteiger partial charge in [0.2, 0.25) is 0 Å². The van der Waals surface area contributed by atoms with Crippen molar-refractivity contribution in [3.8, 4) is 11.1 Å². The zero-order chi connectivity index (χ0) is 19.9. The summed E-state index contributed by atoms with van der Waals surface area (Å²) >= 11 is 0. The molecule has 1 heterocycles. The van der Waals surface area contributed by atoms with E-state index < -0.39 is 0 Å². The Bertz CT molecular complexity index is 923. The molecule has 1 aromatic carbocycles. The van der Waals surface area contributed by atoms with Gasteiger partial charge in [0.05, 0.1) is 10.5 Å². The van der Waals surface area contributed by atoms with Crippen LogP contribution in [-0.4, -0.2) is 21.7 Å². The lowest BCUT2D eigenvalue weighted by molar-refractivity contribution is -0.384. The van der Waals surface area contributed by atoms with Gasteiger partial charge in [-0.3, -0.25) is 14.9 Å². The molecule has 1 fully saturated rings. The van der Waals surface area contributed by atoms with Gasteiger partial charge in [0.1, 0.15) is 5.82 Å². The third-order valence-corrected chi connectivity index (χ3v) is 5.97. The first-order chi connectivity index (χ1) is 13.4. The number of nitro benzene ring substituents is 1. The van der Waals surface area contributed by atoms with Crippen LogP contribution in [0.25, 0.3) is 11.1 Å². The van der Waals surface area contributed by atoms with E-state index in [9.17, 15) is 14.9 Å². The summed E-state index contributed by atoms with van der Waals surface area (Å²) < 4.78 is 0. The van der Waals surface area contributed by atoms with E-state index in [0.717, 1.165) is 30.8 Å². The Kier molecular flexibility index (Phi) is 4.73. The number of Topliss-reactive ketones (excluding diaryl/α,β-unsaturated/α-hetero) is 1. The summed E-state index contributed by atoms with van der Waals surface area (Å²) in [5, 5.41) is 15.2. The number of aromatic amines is 1. The largest absolute Gasteiger partial charge is 0.368 e. The molecule has 0 saturated heterocycles. The molecule has 0 spiro atoms. The van der Waals surface area contributed by atoms with Crippen molar-refractivity contribution in [2.45, 2.75) is 64.8 Å². The van der Waals surface area contributed by atoms with Gasteiger partial charge < -0.3 is 10.3 Å². The summed E-state index contributed by atoms with van der Waals surface area (Å²) in [7, 11) is 0. The quantitative estimate of drug-likeness (QED) is 0.541. The Hall–Kier alpha value is -2.63. The first kappa shape index (κ1) is 18.7. The standard InChI is InChI=1S/C22H27N3O3/c1-22(2)12-16-20(18(26)13-22)19(15-10-6-7-11-17(15)25(27)28)21(24-16)23-14-8-4-3-5-9-14/h6-7,10-11,14,23-24H,3-5,8-9,12-13H2,1-2H3. The number of nitrogens with one attached hydrogen (secondary N) is 2. The van der Waals surface area contributed by atoms with Crippen LogP contribution >= 0.6 is 0 Å². The topological polar surface area (TPSA) is 88.0 Å². The first-order valence-electron chi connectivity index (χ1n) is 10.1. The predicted molar refractivity (Wildman–Crippen MR) is 110 cm³/mol. The fourth-order valence-corrected chi connectivity index (χ4v) is 4.73. The molecule has 1 saturated carbocycles. The van der Waals surface area contributed by atoms with Gasteiger partial charge in [-0.25, -0.2) is 0 Å². The molecular weight excluding hydrogens is 354 g/mol. The van der Waals surface area contributed by atoms with Crippen molar-refractivity contribution in [1.82, 2.24) is 4.98 Å². The van der Waals surface area contributed by atoms with E-state index in [4.69, 9.17) is 0 Å². The number of aromatic nitrogens is 1. The van der Waals surface area contributed by atoms with Crippen LogP contribution in [-0.2, 0) is 6.42 Å². The van der Waals surface area contributed by atoms with Crippen molar-refractivity contribution in [1.29, 1.82) is 0 Å². The van der Waals surface area contributed by atoms with Crippen molar-refractivity contribution >= 4 is 17.3 Å². The molecule has 1 aromatic heterocycles. The predicted octanol–water partition coefficient (Wildman–Crippen LogP) is 5.49. The SMILES string of the molecule is CC1(C)CC(=O)c2c([nH]c(NC3CCCCC3)c2-c2ccccc2[N+](=O)[O-])C1. The van der Waals surface area contributed by atoms with E-state index in [0.29, 0.717) is 29.2 Å². The number of hydrogen-bond donors (Lipinski definition) is 2. The summed E-state index contributed by atoms with van der Waals surface area (Å²) in [4.78, 5) is 27.8. The Balaban J connectivity index is 1.87. The van der Waals surface area contributed by atoms with Crippen LogP contribution in [0.3, 0.4) is 0 Å². The number of para-hydroxylation sites is 1. The first-order valence-corrected chi connectivity index (χ1v) is 10.1. The lowest BCUT2D eigenvalue weighted by atomic mass is 9.75. The molecule has 28 heavy (non-hydrogen) atoms. The van der Waals surface area contributed by atoms with Crippen LogP contribution in [0, 0.1) is 15.5 Å². The second-order valence-corrected chi connectivity index (χ2v) is 8.92. The number of carbonyl (C=O) groups is 1. The number of nitrogens with zero attached hydrogens (tertiary/aromatic N) is 1. The molecule has 2 aliphatic rings. The minimum atomic E-state index is -0.365. The molecule has 4 rings (SSSR count). The average molecular weight is 381 g/mol. The van der Waals surface area contributed by atoms with Crippen molar-refractivity contribution in [3.63, 3.8) is 0 Å². The molecule has 2 aromatic rings. The summed E-state index contributed by atoms with van der Waals surface area (Å²) in [6.45, 7) is 4.18. The molecule has 2 aliphatic carbocycles. The normalized spacial score (nSPS) is 19.3. The van der Waals surface area contributed by atoms with Gasteiger partial charge in [0.25, 0.3) is 5.69 Å². The van der Waals surface area contributed by atoms with Crippen molar-refractivity contribution in [2.24, 2.45) is 5.41 Å². The Morgan fingerprint density at radius 2 is 1.82 bits per heavy atom. The van der Waals surface area contributed by atoms with Crippen molar-refractivity contribution in [2.75, 3.05) is 5.32 Å². The Labute approximate surface area is 164 Å². The number of rotatable bonds is 4. The van der Waals surface area contributed by atoms with Gasteiger partial charge in [0, 0.05) is 35.3 Å². The van der Waals surface area contributed by atoms with Crippen LogP contribution in [0.1, 0.15) is 68.4 Å². The molecule has 0 bridgehead atoms. The highest BCUT2D eigenvalue weighted by atomic mass is 16.6. The molecular formula is C22H27N3O3. The van der Waals surface area contributed by atoms with E-state index in [1.54, 1.807) is 18.2 Å². The summed E-state index contributed by atoms with van der Waals surface area (Å²) in [5.74, 6) is 0.824. The van der Waals surface area contributed by atoms with Gasteiger partial charge in [0.15, 0.2) is 5.78 Å². The number of benzene rings is 1. The van der Waals surface area contributed by atoms with Crippen molar-refractivity contribution in [3.05, 3.63) is 45.6 Å². The number of anilines is 1. The zero-order valence-electron chi connectivity index (χ0n) is 16.5. The second-order valence-electron chi connectivity index (χ2n) is 8.92. The van der Waals surface area contributed by atoms with E-state index in [2.05, 4.69) is 24.1 Å². The molecule has 0 radical (unpaired) electrons. The maximum Gasteiger partial charge on any atom is 0.277 e. The van der Waals surface area contributed by atoms with Crippen LogP contribution in [0.4, 0.5) is 11.5 Å². The summed E-state index contributed by atoms with van der Waals surface area (Å²) in [6.07, 6.45) is 7.00. The number of hydrogen-bond acceptors (Lipinski definition) is 4. The number of carbonyl (C=O) groups excluding carboxylic acids is 1. The number of nitro groups is 1. The third-order valence-electron chi connectivity index (χ3n) is 5.97. The van der Waals surface area contributed by atoms with Gasteiger partial charge in [-0.05, 0) is 30.7 Å². The van der Waals surface area contributed by atoms with Gasteiger partial charge >= 0.3 is 0 Å². The number of ketones is 1. The maximum absolute atomic E-state index is 13.1. The van der Waals surface area contributed by atoms with Crippen LogP contribution < -0.4 is 5.32 Å². The fraction of sp³-hybridized carbons (Fsp3) is 0.500. The van der Waals surface area contributed by atoms with Gasteiger partial charge in [-0.2, -0.15) is 0 Å². The average Bonchev–Trinajstić information content (AvgIpc) is 2.99. The van der Waals surface area contributed by atoms with Crippen LogP contribution in [0.15, 0.2) is 24.3 Å². The highest BCUT2D eigenvalue weighted by molar-refractivity contribution is 6.08. The van der Waals surface area contributed by atoms with Gasteiger partial charge in [-0.1, -0.05) is 45.2 Å². The van der Waals surface area contributed by atoms with Crippen molar-refractivity contribution < 1.29 is 9.72 Å². The molecule has 0 aliphatic heterocycles. The molecule has 0 amide bonds. The fourth-order valence-electron chi connectivity index (χ4n) is 4.73. The van der Waals surface area contributed by atoms with E-state index >= 15 is 0 Å². The van der Waals surface area contributed by atoms with Gasteiger partial charge in [-0.15, -0.1) is 0 Å². The Morgan fingerprint density at radius 1 is 1.11 bits per heavy atom. The number of H-pyrrole nitrogens is 1. The molecule has 0 atom stereocenters. The minimum absolute atomic E-state index is 0.0358. The smallest absolute Gasteiger partial charge is 0.277 e. The minimum Gasteiger partial charge on any atom is -0.368 e. The van der Waals surface area contributed by atoms with Crippen LogP contribution in [0.5, 0.6) is 0 Å². The number of fused-ring (bicyclic) bond motifs is 1. The molecule has 2 N–H and O–H groups in total. The van der Waals surface area contributed by atoms with E-state index in [1.807, 2.05) is 0 Å². The molecule has 148 valence electrons. The highest BCUT2D eigenvalue weighted by Crippen LogP contribution is 2.45. The monoisotopic (exact) mass is 381 g/mol. The second kappa shape index (κ2) is 7.08. The van der Waals surface area contributed by atoms with Crippen LogP contribution in [0.2, 0.25) is 0 Å².